The molecule has 0 amide bonds. The maximum Gasteiger partial charge on any atom is 0.189 e. The summed E-state index contributed by atoms with van der Waals surface area (Å²) in [5.41, 5.74) is 2.48. The highest BCUT2D eigenvalue weighted by atomic mass is 35.5. The van der Waals surface area contributed by atoms with Gasteiger partial charge in [0.15, 0.2) is 5.78 Å². The van der Waals surface area contributed by atoms with Gasteiger partial charge in [-0.05, 0) is 61.4 Å². The fourth-order valence-electron chi connectivity index (χ4n) is 2.51. The summed E-state index contributed by atoms with van der Waals surface area (Å²) in [5, 5.41) is 4.73. The molecule has 0 unspecified atom stereocenters. The summed E-state index contributed by atoms with van der Waals surface area (Å²) in [4.78, 5) is 12.0. The highest BCUT2D eigenvalue weighted by Gasteiger charge is 2.07. The SMILES string of the molecule is Cc1cc(OCc2ccc(C=CC(=O)c3cnn(C)c3)o2)cc(C)c1Cl. The Morgan fingerprint density at radius 2 is 2.04 bits per heavy atom. The maximum absolute atomic E-state index is 12.0. The minimum atomic E-state index is -0.126. The first-order valence-electron chi connectivity index (χ1n) is 8.11. The number of hydrogen-bond acceptors (Lipinski definition) is 4. The first kappa shape index (κ1) is 18.0. The Balaban J connectivity index is 1.61. The molecule has 0 N–H and O–H groups in total. The summed E-state index contributed by atoms with van der Waals surface area (Å²) in [6.45, 7) is 4.18. The van der Waals surface area contributed by atoms with Gasteiger partial charge in [-0.15, -0.1) is 0 Å². The molecule has 6 heteroatoms. The first-order chi connectivity index (χ1) is 12.4. The van der Waals surface area contributed by atoms with Gasteiger partial charge in [-0.3, -0.25) is 9.48 Å². The number of carbonyl (C=O) groups is 1. The van der Waals surface area contributed by atoms with Gasteiger partial charge in [0.25, 0.3) is 0 Å². The Kier molecular flexibility index (Phi) is 5.28. The fourth-order valence-corrected chi connectivity index (χ4v) is 2.62. The standard InChI is InChI=1S/C20H19ClN2O3/c1-13-8-18(9-14(2)20(13)21)25-12-17-5-4-16(26-17)6-7-19(24)15-10-22-23(3)11-15/h4-11H,12H2,1-3H3. The molecule has 1 aromatic carbocycles. The normalized spacial score (nSPS) is 11.2. The van der Waals surface area contributed by atoms with Crippen LogP contribution < -0.4 is 4.74 Å². The van der Waals surface area contributed by atoms with E-state index in [0.717, 1.165) is 21.9 Å². The molecule has 0 saturated heterocycles. The van der Waals surface area contributed by atoms with E-state index in [1.165, 1.54) is 12.3 Å². The van der Waals surface area contributed by atoms with Crippen LogP contribution in [0, 0.1) is 13.8 Å². The molecule has 0 atom stereocenters. The zero-order chi connectivity index (χ0) is 18.7. The molecule has 0 spiro atoms. The molecule has 0 radical (unpaired) electrons. The average molecular weight is 371 g/mol. The third-order valence-corrected chi connectivity index (χ3v) is 4.46. The average Bonchev–Trinajstić information content (AvgIpc) is 3.24. The van der Waals surface area contributed by atoms with Crippen molar-refractivity contribution in [2.24, 2.45) is 7.05 Å². The molecule has 2 aromatic heterocycles. The quantitative estimate of drug-likeness (QED) is 0.463. The number of carbonyl (C=O) groups excluding carboxylic acids is 1. The van der Waals surface area contributed by atoms with Crippen LogP contribution >= 0.6 is 11.6 Å². The molecule has 0 saturated carbocycles. The van der Waals surface area contributed by atoms with Crippen LogP contribution in [0.15, 0.2) is 47.2 Å². The number of nitrogens with zero attached hydrogens (tertiary/aromatic N) is 2. The van der Waals surface area contributed by atoms with E-state index < -0.39 is 0 Å². The van der Waals surface area contributed by atoms with Gasteiger partial charge >= 0.3 is 0 Å². The molecule has 0 bridgehead atoms. The van der Waals surface area contributed by atoms with Gasteiger partial charge in [0.1, 0.15) is 23.9 Å². The molecular formula is C20H19ClN2O3. The third kappa shape index (κ3) is 4.24. The molecule has 5 nitrogen and oxygen atoms in total. The van der Waals surface area contributed by atoms with Gasteiger partial charge in [0, 0.05) is 18.3 Å². The van der Waals surface area contributed by atoms with Crippen molar-refractivity contribution in [1.82, 2.24) is 9.78 Å². The summed E-state index contributed by atoms with van der Waals surface area (Å²) in [5.74, 6) is 1.87. The summed E-state index contributed by atoms with van der Waals surface area (Å²) >= 11 is 6.16. The van der Waals surface area contributed by atoms with E-state index in [9.17, 15) is 4.79 Å². The summed E-state index contributed by atoms with van der Waals surface area (Å²) in [7, 11) is 1.77. The lowest BCUT2D eigenvalue weighted by Gasteiger charge is -2.08. The Labute approximate surface area is 156 Å². The number of furan rings is 1. The van der Waals surface area contributed by atoms with Crippen LogP contribution in [0.25, 0.3) is 6.08 Å². The number of aryl methyl sites for hydroxylation is 3. The van der Waals surface area contributed by atoms with E-state index in [1.54, 1.807) is 30.1 Å². The van der Waals surface area contributed by atoms with Crippen molar-refractivity contribution in [2.75, 3.05) is 0 Å². The van der Waals surface area contributed by atoms with Crippen LogP contribution in [0.3, 0.4) is 0 Å². The van der Waals surface area contributed by atoms with Gasteiger partial charge in [0.05, 0.1) is 11.8 Å². The predicted molar refractivity (Wildman–Crippen MR) is 101 cm³/mol. The predicted octanol–water partition coefficient (Wildman–Crippen LogP) is 4.76. The summed E-state index contributed by atoms with van der Waals surface area (Å²) in [6, 6.07) is 7.41. The van der Waals surface area contributed by atoms with Gasteiger partial charge in [-0.25, -0.2) is 0 Å². The zero-order valence-electron chi connectivity index (χ0n) is 14.8. The topological polar surface area (TPSA) is 57.3 Å². The van der Waals surface area contributed by atoms with Crippen LogP contribution in [0.1, 0.15) is 33.0 Å². The van der Waals surface area contributed by atoms with E-state index in [-0.39, 0.29) is 5.78 Å². The lowest BCUT2D eigenvalue weighted by molar-refractivity contribution is 0.104. The number of ketones is 1. The molecule has 0 aliphatic heterocycles. The first-order valence-corrected chi connectivity index (χ1v) is 8.49. The molecule has 26 heavy (non-hydrogen) atoms. The molecule has 0 fully saturated rings. The second-order valence-corrected chi connectivity index (χ2v) is 6.44. The van der Waals surface area contributed by atoms with Crippen LogP contribution in [-0.2, 0) is 13.7 Å². The second kappa shape index (κ2) is 7.62. The van der Waals surface area contributed by atoms with E-state index in [4.69, 9.17) is 20.8 Å². The molecule has 134 valence electrons. The molecule has 2 heterocycles. The number of rotatable bonds is 6. The highest BCUT2D eigenvalue weighted by Crippen LogP contribution is 2.26. The Morgan fingerprint density at radius 1 is 1.31 bits per heavy atom. The lowest BCUT2D eigenvalue weighted by atomic mass is 10.1. The van der Waals surface area contributed by atoms with Gasteiger partial charge in [-0.2, -0.15) is 5.10 Å². The number of benzene rings is 1. The molecule has 0 aliphatic rings. The van der Waals surface area contributed by atoms with E-state index in [1.807, 2.05) is 32.0 Å². The van der Waals surface area contributed by atoms with Crippen molar-refractivity contribution in [1.29, 1.82) is 0 Å². The zero-order valence-corrected chi connectivity index (χ0v) is 15.6. The van der Waals surface area contributed by atoms with Crippen LogP contribution in [0.4, 0.5) is 0 Å². The van der Waals surface area contributed by atoms with Gasteiger partial charge in [0.2, 0.25) is 0 Å². The minimum absolute atomic E-state index is 0.126. The van der Waals surface area contributed by atoms with Crippen molar-refractivity contribution < 1.29 is 13.9 Å². The van der Waals surface area contributed by atoms with E-state index in [2.05, 4.69) is 5.10 Å². The summed E-state index contributed by atoms with van der Waals surface area (Å²) in [6.07, 6.45) is 6.30. The van der Waals surface area contributed by atoms with E-state index in [0.29, 0.717) is 23.7 Å². The number of halogens is 1. The number of hydrogen-bond donors (Lipinski definition) is 0. The third-order valence-electron chi connectivity index (χ3n) is 3.86. The number of allylic oxidation sites excluding steroid dienone is 1. The molecular weight excluding hydrogens is 352 g/mol. The monoisotopic (exact) mass is 370 g/mol. The minimum Gasteiger partial charge on any atom is -0.486 e. The van der Waals surface area contributed by atoms with Crippen molar-refractivity contribution >= 4 is 23.5 Å². The molecule has 3 aromatic rings. The highest BCUT2D eigenvalue weighted by molar-refractivity contribution is 6.32. The lowest BCUT2D eigenvalue weighted by Crippen LogP contribution is -1.95. The smallest absolute Gasteiger partial charge is 0.189 e. The van der Waals surface area contributed by atoms with Crippen molar-refractivity contribution in [3.8, 4) is 5.75 Å². The van der Waals surface area contributed by atoms with Gasteiger partial charge < -0.3 is 9.15 Å². The number of ether oxygens (including phenoxy) is 1. The maximum atomic E-state index is 12.0. The van der Waals surface area contributed by atoms with Crippen molar-refractivity contribution in [3.63, 3.8) is 0 Å². The summed E-state index contributed by atoms with van der Waals surface area (Å²) < 4.78 is 13.0. The largest absolute Gasteiger partial charge is 0.486 e. The van der Waals surface area contributed by atoms with Crippen molar-refractivity contribution in [3.05, 3.63) is 76.0 Å². The Bertz CT molecular complexity index is 946. The molecule has 3 rings (SSSR count). The van der Waals surface area contributed by atoms with Crippen LogP contribution in [0.5, 0.6) is 5.75 Å². The number of aromatic nitrogens is 2. The van der Waals surface area contributed by atoms with Crippen molar-refractivity contribution in [2.45, 2.75) is 20.5 Å². The Hall–Kier alpha value is -2.79. The Morgan fingerprint density at radius 3 is 2.69 bits per heavy atom. The van der Waals surface area contributed by atoms with Gasteiger partial charge in [-0.1, -0.05) is 11.6 Å². The van der Waals surface area contributed by atoms with Crippen LogP contribution in [0.2, 0.25) is 5.02 Å². The van der Waals surface area contributed by atoms with Crippen LogP contribution in [-0.4, -0.2) is 15.6 Å². The molecule has 0 aliphatic carbocycles. The van der Waals surface area contributed by atoms with E-state index >= 15 is 0 Å². The fraction of sp³-hybridized carbons (Fsp3) is 0.200. The second-order valence-electron chi connectivity index (χ2n) is 6.06.